The van der Waals surface area contributed by atoms with Crippen LogP contribution in [0.4, 0.5) is 0 Å². The minimum absolute atomic E-state index is 0.0864. The van der Waals surface area contributed by atoms with Gasteiger partial charge >= 0.3 is 0 Å². The SMILES string of the molecule is COc1ccc(/C=C/C(=O)N2CC2C)cc1. The molecule has 1 aliphatic heterocycles. The number of benzene rings is 1. The van der Waals surface area contributed by atoms with Crippen LogP contribution in [-0.2, 0) is 4.79 Å². The van der Waals surface area contributed by atoms with Gasteiger partial charge in [-0.1, -0.05) is 12.1 Å². The molecule has 3 heteroatoms. The average molecular weight is 217 g/mol. The van der Waals surface area contributed by atoms with Crippen molar-refractivity contribution in [2.24, 2.45) is 0 Å². The quantitative estimate of drug-likeness (QED) is 0.572. The molecule has 0 radical (unpaired) electrons. The Morgan fingerprint density at radius 3 is 2.56 bits per heavy atom. The number of hydrogen-bond acceptors (Lipinski definition) is 2. The Bertz CT molecular complexity index is 408. The van der Waals surface area contributed by atoms with Gasteiger partial charge in [-0.15, -0.1) is 0 Å². The lowest BCUT2D eigenvalue weighted by Gasteiger charge is -1.99. The van der Waals surface area contributed by atoms with Gasteiger partial charge in [-0.25, -0.2) is 0 Å². The fraction of sp³-hybridized carbons (Fsp3) is 0.308. The Morgan fingerprint density at radius 2 is 2.06 bits per heavy atom. The van der Waals surface area contributed by atoms with Crippen molar-refractivity contribution in [1.82, 2.24) is 4.90 Å². The molecule has 16 heavy (non-hydrogen) atoms. The number of amides is 1. The summed E-state index contributed by atoms with van der Waals surface area (Å²) in [7, 11) is 1.64. The Hall–Kier alpha value is -1.77. The Kier molecular flexibility index (Phi) is 2.95. The zero-order valence-electron chi connectivity index (χ0n) is 9.51. The number of rotatable bonds is 3. The van der Waals surface area contributed by atoms with E-state index < -0.39 is 0 Å². The first-order valence-electron chi connectivity index (χ1n) is 5.33. The zero-order chi connectivity index (χ0) is 11.5. The van der Waals surface area contributed by atoms with Crippen molar-refractivity contribution in [2.75, 3.05) is 13.7 Å². The molecule has 1 aliphatic rings. The number of methoxy groups -OCH3 is 1. The Morgan fingerprint density at radius 1 is 1.44 bits per heavy atom. The zero-order valence-corrected chi connectivity index (χ0v) is 9.51. The number of hydrogen-bond donors (Lipinski definition) is 0. The standard InChI is InChI=1S/C13H15NO2/c1-10-9-14(10)13(15)8-5-11-3-6-12(16-2)7-4-11/h3-8,10H,9H2,1-2H3/b8-5+. The molecule has 84 valence electrons. The van der Waals surface area contributed by atoms with E-state index in [0.717, 1.165) is 17.9 Å². The van der Waals surface area contributed by atoms with E-state index in [4.69, 9.17) is 4.74 Å². The molecule has 0 aromatic heterocycles. The third-order valence-electron chi connectivity index (χ3n) is 2.68. The molecule has 1 aromatic rings. The van der Waals surface area contributed by atoms with Crippen LogP contribution in [0.5, 0.6) is 5.75 Å². The second-order valence-corrected chi connectivity index (χ2v) is 3.95. The molecular formula is C13H15NO2. The predicted octanol–water partition coefficient (Wildman–Crippen LogP) is 1.94. The van der Waals surface area contributed by atoms with Crippen LogP contribution >= 0.6 is 0 Å². The Balaban J connectivity index is 1.97. The summed E-state index contributed by atoms with van der Waals surface area (Å²) in [6.45, 7) is 2.92. The summed E-state index contributed by atoms with van der Waals surface area (Å²) < 4.78 is 5.06. The highest BCUT2D eigenvalue weighted by Crippen LogP contribution is 2.17. The first kappa shape index (κ1) is 10.7. The molecule has 1 atom stereocenters. The van der Waals surface area contributed by atoms with Crippen molar-refractivity contribution in [3.63, 3.8) is 0 Å². The van der Waals surface area contributed by atoms with Gasteiger partial charge in [-0.05, 0) is 30.7 Å². The Labute approximate surface area is 95.3 Å². The summed E-state index contributed by atoms with van der Waals surface area (Å²) in [6, 6.07) is 8.02. The van der Waals surface area contributed by atoms with Crippen molar-refractivity contribution in [3.05, 3.63) is 35.9 Å². The summed E-state index contributed by atoms with van der Waals surface area (Å²) in [5, 5.41) is 0. The van der Waals surface area contributed by atoms with Crippen molar-refractivity contribution < 1.29 is 9.53 Å². The van der Waals surface area contributed by atoms with E-state index in [1.807, 2.05) is 42.2 Å². The van der Waals surface area contributed by atoms with E-state index in [0.29, 0.717) is 6.04 Å². The van der Waals surface area contributed by atoms with Gasteiger partial charge in [0.05, 0.1) is 7.11 Å². The fourth-order valence-corrected chi connectivity index (χ4v) is 1.52. The number of carbonyl (C=O) groups is 1. The van der Waals surface area contributed by atoms with Crippen LogP contribution in [0.2, 0.25) is 0 Å². The topological polar surface area (TPSA) is 29.3 Å². The maximum atomic E-state index is 11.5. The number of carbonyl (C=O) groups excluding carboxylic acids is 1. The van der Waals surface area contributed by atoms with Crippen LogP contribution in [0.3, 0.4) is 0 Å². The first-order valence-corrected chi connectivity index (χ1v) is 5.33. The minimum atomic E-state index is 0.0864. The molecule has 1 fully saturated rings. The van der Waals surface area contributed by atoms with E-state index in [-0.39, 0.29) is 5.91 Å². The average Bonchev–Trinajstić information content (AvgIpc) is 3.04. The van der Waals surface area contributed by atoms with Crippen molar-refractivity contribution in [1.29, 1.82) is 0 Å². The molecule has 1 aromatic carbocycles. The van der Waals surface area contributed by atoms with Gasteiger partial charge in [0.1, 0.15) is 5.75 Å². The summed E-state index contributed by atoms with van der Waals surface area (Å²) in [5.74, 6) is 0.909. The van der Waals surface area contributed by atoms with Crippen LogP contribution in [0.1, 0.15) is 12.5 Å². The van der Waals surface area contributed by atoms with Gasteiger partial charge in [0, 0.05) is 18.7 Å². The lowest BCUT2D eigenvalue weighted by Crippen LogP contribution is -2.08. The molecule has 1 saturated heterocycles. The maximum Gasteiger partial charge on any atom is 0.246 e. The van der Waals surface area contributed by atoms with Crippen molar-refractivity contribution in [2.45, 2.75) is 13.0 Å². The highest BCUT2D eigenvalue weighted by molar-refractivity contribution is 5.93. The number of ether oxygens (including phenoxy) is 1. The van der Waals surface area contributed by atoms with E-state index >= 15 is 0 Å². The van der Waals surface area contributed by atoms with E-state index in [2.05, 4.69) is 0 Å². The van der Waals surface area contributed by atoms with Gasteiger partial charge in [-0.3, -0.25) is 4.79 Å². The van der Waals surface area contributed by atoms with Gasteiger partial charge in [0.15, 0.2) is 0 Å². The highest BCUT2D eigenvalue weighted by Gasteiger charge is 2.32. The van der Waals surface area contributed by atoms with Crippen LogP contribution in [0.25, 0.3) is 6.08 Å². The second kappa shape index (κ2) is 4.39. The summed E-state index contributed by atoms with van der Waals surface area (Å²) >= 11 is 0. The first-order chi connectivity index (χ1) is 7.70. The predicted molar refractivity (Wildman–Crippen MR) is 63.2 cm³/mol. The molecule has 1 heterocycles. The summed E-state index contributed by atoms with van der Waals surface area (Å²) in [4.78, 5) is 13.3. The van der Waals surface area contributed by atoms with E-state index in [1.165, 1.54) is 0 Å². The van der Waals surface area contributed by atoms with Crippen LogP contribution in [0.15, 0.2) is 30.3 Å². The summed E-state index contributed by atoms with van der Waals surface area (Å²) in [5.41, 5.74) is 1.00. The van der Waals surface area contributed by atoms with Crippen LogP contribution < -0.4 is 4.74 Å². The lowest BCUT2D eigenvalue weighted by atomic mass is 10.2. The smallest absolute Gasteiger partial charge is 0.246 e. The molecular weight excluding hydrogens is 202 g/mol. The lowest BCUT2D eigenvalue weighted by molar-refractivity contribution is -0.121. The van der Waals surface area contributed by atoms with Gasteiger partial charge in [0.25, 0.3) is 0 Å². The van der Waals surface area contributed by atoms with Crippen LogP contribution in [0, 0.1) is 0 Å². The van der Waals surface area contributed by atoms with Crippen molar-refractivity contribution >= 4 is 12.0 Å². The third-order valence-corrected chi connectivity index (χ3v) is 2.68. The van der Waals surface area contributed by atoms with Gasteiger partial charge < -0.3 is 9.64 Å². The molecule has 3 nitrogen and oxygen atoms in total. The molecule has 2 rings (SSSR count). The highest BCUT2D eigenvalue weighted by atomic mass is 16.5. The molecule has 0 spiro atoms. The van der Waals surface area contributed by atoms with E-state index in [9.17, 15) is 4.79 Å². The molecule has 0 N–H and O–H groups in total. The van der Waals surface area contributed by atoms with Gasteiger partial charge in [0.2, 0.25) is 5.91 Å². The molecule has 1 amide bonds. The summed E-state index contributed by atoms with van der Waals surface area (Å²) in [6.07, 6.45) is 3.44. The molecule has 0 saturated carbocycles. The minimum Gasteiger partial charge on any atom is -0.497 e. The maximum absolute atomic E-state index is 11.5. The monoisotopic (exact) mass is 217 g/mol. The normalized spacial score (nSPS) is 18.9. The van der Waals surface area contributed by atoms with Crippen LogP contribution in [-0.4, -0.2) is 30.5 Å². The van der Waals surface area contributed by atoms with Crippen molar-refractivity contribution in [3.8, 4) is 5.75 Å². The largest absolute Gasteiger partial charge is 0.497 e. The number of nitrogens with zero attached hydrogens (tertiary/aromatic N) is 1. The third kappa shape index (κ3) is 2.42. The molecule has 0 aliphatic carbocycles. The fourth-order valence-electron chi connectivity index (χ4n) is 1.52. The molecule has 0 bridgehead atoms. The molecule has 1 unspecified atom stereocenters. The second-order valence-electron chi connectivity index (χ2n) is 3.95. The van der Waals surface area contributed by atoms with E-state index in [1.54, 1.807) is 13.2 Å². The van der Waals surface area contributed by atoms with Gasteiger partial charge in [-0.2, -0.15) is 0 Å².